The molecule has 0 spiro atoms. The third-order valence-electron chi connectivity index (χ3n) is 4.13. The zero-order valence-corrected chi connectivity index (χ0v) is 13.3. The molecule has 0 aliphatic carbocycles. The standard InChI is InChI=1S/C17H26N2O2/c1-13(15-8-7-9-16(12-15)21-3)18-14(2)17(20)19-10-5-4-6-11-19/h7-9,12-14,18H,4-6,10-11H2,1-3H3. The number of nitrogens with zero attached hydrogens (tertiary/aromatic N) is 1. The van der Waals surface area contributed by atoms with E-state index in [1.807, 2.05) is 30.0 Å². The van der Waals surface area contributed by atoms with Crippen molar-refractivity contribution >= 4 is 5.91 Å². The van der Waals surface area contributed by atoms with Crippen molar-refractivity contribution in [3.8, 4) is 5.75 Å². The van der Waals surface area contributed by atoms with Crippen LogP contribution < -0.4 is 10.1 Å². The predicted octanol–water partition coefficient (Wildman–Crippen LogP) is 2.75. The number of carbonyl (C=O) groups excluding carboxylic acids is 1. The number of amides is 1. The molecule has 4 heteroatoms. The van der Waals surface area contributed by atoms with Crippen LogP contribution in [0.3, 0.4) is 0 Å². The molecule has 2 atom stereocenters. The van der Waals surface area contributed by atoms with E-state index in [0.29, 0.717) is 0 Å². The van der Waals surface area contributed by atoms with Crippen LogP contribution in [-0.4, -0.2) is 37.0 Å². The molecular weight excluding hydrogens is 264 g/mol. The Labute approximate surface area is 127 Å². The minimum Gasteiger partial charge on any atom is -0.497 e. The lowest BCUT2D eigenvalue weighted by Crippen LogP contribution is -2.47. The van der Waals surface area contributed by atoms with E-state index in [9.17, 15) is 4.79 Å². The highest BCUT2D eigenvalue weighted by Gasteiger charge is 2.23. The maximum absolute atomic E-state index is 12.4. The van der Waals surface area contributed by atoms with Crippen molar-refractivity contribution in [1.29, 1.82) is 0 Å². The van der Waals surface area contributed by atoms with Gasteiger partial charge in [-0.2, -0.15) is 0 Å². The maximum atomic E-state index is 12.4. The topological polar surface area (TPSA) is 41.6 Å². The van der Waals surface area contributed by atoms with Gasteiger partial charge in [0.1, 0.15) is 5.75 Å². The van der Waals surface area contributed by atoms with Crippen LogP contribution in [0.2, 0.25) is 0 Å². The van der Waals surface area contributed by atoms with Gasteiger partial charge in [-0.3, -0.25) is 10.1 Å². The molecule has 1 aromatic carbocycles. The first-order valence-corrected chi connectivity index (χ1v) is 7.80. The van der Waals surface area contributed by atoms with E-state index >= 15 is 0 Å². The first-order valence-electron chi connectivity index (χ1n) is 7.80. The second-order valence-corrected chi connectivity index (χ2v) is 5.77. The van der Waals surface area contributed by atoms with Crippen LogP contribution in [-0.2, 0) is 4.79 Å². The smallest absolute Gasteiger partial charge is 0.239 e. The summed E-state index contributed by atoms with van der Waals surface area (Å²) >= 11 is 0. The van der Waals surface area contributed by atoms with Gasteiger partial charge < -0.3 is 9.64 Å². The number of likely N-dealkylation sites (tertiary alicyclic amines) is 1. The summed E-state index contributed by atoms with van der Waals surface area (Å²) in [4.78, 5) is 14.4. The summed E-state index contributed by atoms with van der Waals surface area (Å²) in [6.07, 6.45) is 3.50. The predicted molar refractivity (Wildman–Crippen MR) is 84.4 cm³/mol. The van der Waals surface area contributed by atoms with Crippen LogP contribution in [0, 0.1) is 0 Å². The van der Waals surface area contributed by atoms with Crippen LogP contribution in [0.1, 0.15) is 44.7 Å². The molecule has 1 amide bonds. The van der Waals surface area contributed by atoms with Crippen molar-refractivity contribution in [1.82, 2.24) is 10.2 Å². The van der Waals surface area contributed by atoms with Gasteiger partial charge in [-0.25, -0.2) is 0 Å². The summed E-state index contributed by atoms with van der Waals surface area (Å²) in [5.41, 5.74) is 1.13. The van der Waals surface area contributed by atoms with Gasteiger partial charge in [0.25, 0.3) is 0 Å². The average Bonchev–Trinajstić information content (AvgIpc) is 2.54. The lowest BCUT2D eigenvalue weighted by molar-refractivity contribution is -0.134. The Bertz CT molecular complexity index is 470. The first-order chi connectivity index (χ1) is 10.1. The van der Waals surface area contributed by atoms with Gasteiger partial charge in [0.2, 0.25) is 5.91 Å². The molecule has 116 valence electrons. The molecule has 2 unspecified atom stereocenters. The van der Waals surface area contributed by atoms with Crippen LogP contribution in [0.25, 0.3) is 0 Å². The van der Waals surface area contributed by atoms with Gasteiger partial charge >= 0.3 is 0 Å². The monoisotopic (exact) mass is 290 g/mol. The molecule has 4 nitrogen and oxygen atoms in total. The number of rotatable bonds is 5. The molecule has 1 aliphatic heterocycles. The molecule has 1 saturated heterocycles. The molecular formula is C17H26N2O2. The molecule has 1 N–H and O–H groups in total. The third-order valence-corrected chi connectivity index (χ3v) is 4.13. The average molecular weight is 290 g/mol. The fourth-order valence-corrected chi connectivity index (χ4v) is 2.84. The largest absolute Gasteiger partial charge is 0.497 e. The lowest BCUT2D eigenvalue weighted by atomic mass is 10.1. The molecule has 1 fully saturated rings. The summed E-state index contributed by atoms with van der Waals surface area (Å²) in [5, 5.41) is 3.40. The van der Waals surface area contributed by atoms with Crippen LogP contribution >= 0.6 is 0 Å². The fourth-order valence-electron chi connectivity index (χ4n) is 2.84. The molecule has 21 heavy (non-hydrogen) atoms. The van der Waals surface area contributed by atoms with E-state index in [1.54, 1.807) is 7.11 Å². The van der Waals surface area contributed by atoms with Gasteiger partial charge in [-0.05, 0) is 50.8 Å². The molecule has 0 radical (unpaired) electrons. The van der Waals surface area contributed by atoms with Crippen molar-refractivity contribution in [3.63, 3.8) is 0 Å². The Kier molecular flexibility index (Phi) is 5.62. The highest BCUT2D eigenvalue weighted by molar-refractivity contribution is 5.81. The zero-order valence-electron chi connectivity index (χ0n) is 13.3. The summed E-state index contributed by atoms with van der Waals surface area (Å²) in [6, 6.07) is 7.92. The molecule has 2 rings (SSSR count). The lowest BCUT2D eigenvalue weighted by Gasteiger charge is -2.30. The van der Waals surface area contributed by atoms with E-state index in [1.165, 1.54) is 6.42 Å². The molecule has 1 aliphatic rings. The van der Waals surface area contributed by atoms with E-state index < -0.39 is 0 Å². The second-order valence-electron chi connectivity index (χ2n) is 5.77. The second kappa shape index (κ2) is 7.46. The fraction of sp³-hybridized carbons (Fsp3) is 0.588. The van der Waals surface area contributed by atoms with Crippen LogP contribution in [0.15, 0.2) is 24.3 Å². The number of methoxy groups -OCH3 is 1. The van der Waals surface area contributed by atoms with Crippen molar-refractivity contribution < 1.29 is 9.53 Å². The number of hydrogen-bond donors (Lipinski definition) is 1. The van der Waals surface area contributed by atoms with Crippen LogP contribution in [0.5, 0.6) is 5.75 Å². The van der Waals surface area contributed by atoms with Crippen molar-refractivity contribution in [3.05, 3.63) is 29.8 Å². The Hall–Kier alpha value is -1.55. The van der Waals surface area contributed by atoms with E-state index in [-0.39, 0.29) is 18.0 Å². The minimum atomic E-state index is -0.163. The van der Waals surface area contributed by atoms with E-state index in [2.05, 4.69) is 18.3 Å². The summed E-state index contributed by atoms with van der Waals surface area (Å²) in [6.45, 7) is 5.83. The summed E-state index contributed by atoms with van der Waals surface area (Å²) in [5.74, 6) is 1.06. The molecule has 1 heterocycles. The molecule has 0 bridgehead atoms. The molecule has 0 aromatic heterocycles. The van der Waals surface area contributed by atoms with Gasteiger partial charge in [0.05, 0.1) is 13.2 Å². The van der Waals surface area contributed by atoms with E-state index in [0.717, 1.165) is 37.2 Å². The number of ether oxygens (including phenoxy) is 1. The number of nitrogens with one attached hydrogen (secondary N) is 1. The van der Waals surface area contributed by atoms with Crippen molar-refractivity contribution in [2.75, 3.05) is 20.2 Å². The summed E-state index contributed by atoms with van der Waals surface area (Å²) < 4.78 is 5.25. The van der Waals surface area contributed by atoms with Crippen molar-refractivity contribution in [2.24, 2.45) is 0 Å². The Morgan fingerprint density at radius 2 is 1.95 bits per heavy atom. The number of piperidine rings is 1. The molecule has 0 saturated carbocycles. The van der Waals surface area contributed by atoms with Crippen molar-refractivity contribution in [2.45, 2.75) is 45.2 Å². The maximum Gasteiger partial charge on any atom is 0.239 e. The highest BCUT2D eigenvalue weighted by atomic mass is 16.5. The van der Waals surface area contributed by atoms with Crippen LogP contribution in [0.4, 0.5) is 0 Å². The first kappa shape index (κ1) is 15.8. The Morgan fingerprint density at radius 3 is 2.62 bits per heavy atom. The normalized spacial score (nSPS) is 18.1. The highest BCUT2D eigenvalue weighted by Crippen LogP contribution is 2.19. The van der Waals surface area contributed by atoms with Gasteiger partial charge in [-0.15, -0.1) is 0 Å². The Balaban J connectivity index is 1.94. The summed E-state index contributed by atoms with van der Waals surface area (Å²) in [7, 11) is 1.67. The number of carbonyl (C=O) groups is 1. The molecule has 1 aromatic rings. The number of benzene rings is 1. The number of hydrogen-bond acceptors (Lipinski definition) is 3. The van der Waals surface area contributed by atoms with E-state index in [4.69, 9.17) is 4.74 Å². The quantitative estimate of drug-likeness (QED) is 0.906. The Morgan fingerprint density at radius 1 is 1.24 bits per heavy atom. The van der Waals surface area contributed by atoms with Gasteiger partial charge in [0.15, 0.2) is 0 Å². The van der Waals surface area contributed by atoms with Gasteiger partial charge in [-0.1, -0.05) is 12.1 Å². The SMILES string of the molecule is COc1cccc(C(C)NC(C)C(=O)N2CCCCC2)c1. The zero-order chi connectivity index (χ0) is 15.2. The minimum absolute atomic E-state index is 0.115. The third kappa shape index (κ3) is 4.21. The van der Waals surface area contributed by atoms with Gasteiger partial charge in [0, 0.05) is 19.1 Å².